The van der Waals surface area contributed by atoms with E-state index in [1.165, 1.54) is 4.70 Å². The third-order valence-electron chi connectivity index (χ3n) is 3.18. The van der Waals surface area contributed by atoms with Crippen molar-refractivity contribution in [3.63, 3.8) is 0 Å². The lowest BCUT2D eigenvalue weighted by atomic mass is 10.2. The Morgan fingerprint density at radius 2 is 2.28 bits per heavy atom. The van der Waals surface area contributed by atoms with Crippen molar-refractivity contribution in [2.75, 3.05) is 16.8 Å². The van der Waals surface area contributed by atoms with Crippen LogP contribution in [0.3, 0.4) is 0 Å². The van der Waals surface area contributed by atoms with Crippen molar-refractivity contribution in [2.45, 2.75) is 18.9 Å². The Bertz CT molecular complexity index is 664. The highest BCUT2D eigenvalue weighted by Gasteiger charge is 2.25. The highest BCUT2D eigenvalue weighted by Crippen LogP contribution is 2.27. The molecule has 4 nitrogen and oxygen atoms in total. The first-order valence-corrected chi connectivity index (χ1v) is 8.63. The van der Waals surface area contributed by atoms with Crippen molar-refractivity contribution in [1.82, 2.24) is 4.98 Å². The smallest absolute Gasteiger partial charge is 0.152 e. The van der Waals surface area contributed by atoms with Crippen LogP contribution >= 0.6 is 11.3 Å². The molecule has 1 aliphatic heterocycles. The van der Waals surface area contributed by atoms with Crippen LogP contribution in [0.2, 0.25) is 0 Å². The lowest BCUT2D eigenvalue weighted by Crippen LogP contribution is -2.35. The van der Waals surface area contributed by atoms with Crippen molar-refractivity contribution in [1.29, 1.82) is 0 Å². The molecule has 0 aromatic carbocycles. The SMILES string of the molecule is O=S1(=O)CCCC(Nc2nccc3sccc23)C1. The summed E-state index contributed by atoms with van der Waals surface area (Å²) in [6.07, 6.45) is 3.39. The number of nitrogens with one attached hydrogen (secondary N) is 1. The molecule has 3 rings (SSSR count). The van der Waals surface area contributed by atoms with Crippen LogP contribution in [0.25, 0.3) is 10.1 Å². The molecule has 0 aliphatic carbocycles. The van der Waals surface area contributed by atoms with E-state index in [1.54, 1.807) is 17.5 Å². The third-order valence-corrected chi connectivity index (χ3v) is 5.89. The summed E-state index contributed by atoms with van der Waals surface area (Å²) >= 11 is 1.67. The standard InChI is InChI=1S/C12H14N2O2S2/c15-18(16)7-1-2-9(8-18)14-12-10-4-6-17-11(10)3-5-13-12/h3-6,9H,1-2,7-8H2,(H,13,14). The number of hydrogen-bond donors (Lipinski definition) is 1. The van der Waals surface area contributed by atoms with E-state index < -0.39 is 9.84 Å². The maximum absolute atomic E-state index is 11.6. The van der Waals surface area contributed by atoms with Gasteiger partial charge in [-0.3, -0.25) is 0 Å². The molecule has 2 aromatic heterocycles. The predicted octanol–water partition coefficient (Wildman–Crippen LogP) is 2.29. The second-order valence-corrected chi connectivity index (χ2v) is 7.77. The number of hydrogen-bond acceptors (Lipinski definition) is 5. The Hall–Kier alpha value is -1.14. The lowest BCUT2D eigenvalue weighted by Gasteiger charge is -2.23. The van der Waals surface area contributed by atoms with Gasteiger partial charge in [-0.15, -0.1) is 11.3 Å². The van der Waals surface area contributed by atoms with E-state index in [-0.39, 0.29) is 11.8 Å². The summed E-state index contributed by atoms with van der Waals surface area (Å²) in [5.74, 6) is 1.34. The number of aromatic nitrogens is 1. The molecule has 1 unspecified atom stereocenters. The van der Waals surface area contributed by atoms with Crippen LogP contribution in [0.5, 0.6) is 0 Å². The maximum atomic E-state index is 11.6. The number of sulfone groups is 1. The summed E-state index contributed by atoms with van der Waals surface area (Å²) < 4.78 is 24.4. The van der Waals surface area contributed by atoms with Gasteiger partial charge in [-0.1, -0.05) is 0 Å². The molecular formula is C12H14N2O2S2. The minimum atomic E-state index is -2.88. The van der Waals surface area contributed by atoms with Crippen molar-refractivity contribution < 1.29 is 8.42 Å². The van der Waals surface area contributed by atoms with Gasteiger partial charge in [-0.25, -0.2) is 13.4 Å². The first kappa shape index (κ1) is 11.9. The topological polar surface area (TPSA) is 59.1 Å². The number of nitrogens with zero attached hydrogens (tertiary/aromatic N) is 1. The van der Waals surface area contributed by atoms with E-state index in [0.29, 0.717) is 5.75 Å². The zero-order valence-corrected chi connectivity index (χ0v) is 11.4. The number of fused-ring (bicyclic) bond motifs is 1. The Kier molecular flexibility index (Phi) is 2.99. The number of thiophene rings is 1. The number of pyridine rings is 1. The first-order chi connectivity index (χ1) is 8.64. The molecule has 2 aromatic rings. The summed E-state index contributed by atoms with van der Waals surface area (Å²) in [5.41, 5.74) is 0. The van der Waals surface area contributed by atoms with Crippen LogP contribution in [-0.4, -0.2) is 30.9 Å². The molecule has 1 atom stereocenters. The molecule has 6 heteroatoms. The minimum Gasteiger partial charge on any atom is -0.366 e. The molecule has 1 aliphatic rings. The number of anilines is 1. The number of rotatable bonds is 2. The Morgan fingerprint density at radius 1 is 1.39 bits per heavy atom. The molecule has 0 radical (unpaired) electrons. The van der Waals surface area contributed by atoms with Gasteiger partial charge in [0.25, 0.3) is 0 Å². The average molecular weight is 282 g/mol. The molecule has 0 amide bonds. The molecule has 1 fully saturated rings. The Labute approximate surface area is 110 Å². The van der Waals surface area contributed by atoms with Gasteiger partial charge in [0.15, 0.2) is 9.84 Å². The Balaban J connectivity index is 1.86. The second-order valence-electron chi connectivity index (χ2n) is 4.59. The second kappa shape index (κ2) is 4.51. The zero-order chi connectivity index (χ0) is 12.6. The quantitative estimate of drug-likeness (QED) is 0.918. The molecule has 0 bridgehead atoms. The maximum Gasteiger partial charge on any atom is 0.152 e. The molecule has 0 spiro atoms. The van der Waals surface area contributed by atoms with E-state index >= 15 is 0 Å². The van der Waals surface area contributed by atoms with Gasteiger partial charge in [-0.05, 0) is 30.4 Å². The van der Waals surface area contributed by atoms with Gasteiger partial charge in [0.1, 0.15) is 5.82 Å². The first-order valence-electron chi connectivity index (χ1n) is 5.93. The fourth-order valence-electron chi connectivity index (χ4n) is 2.34. The zero-order valence-electron chi connectivity index (χ0n) is 9.80. The van der Waals surface area contributed by atoms with E-state index in [4.69, 9.17) is 0 Å². The van der Waals surface area contributed by atoms with Crippen molar-refractivity contribution in [3.05, 3.63) is 23.7 Å². The fraction of sp³-hybridized carbons (Fsp3) is 0.417. The van der Waals surface area contributed by atoms with Gasteiger partial charge < -0.3 is 5.32 Å². The summed E-state index contributed by atoms with van der Waals surface area (Å²) in [6.45, 7) is 0. The van der Waals surface area contributed by atoms with E-state index in [0.717, 1.165) is 24.0 Å². The highest BCUT2D eigenvalue weighted by atomic mass is 32.2. The molecule has 1 saturated heterocycles. The predicted molar refractivity (Wildman–Crippen MR) is 74.9 cm³/mol. The average Bonchev–Trinajstić information content (AvgIpc) is 2.77. The lowest BCUT2D eigenvalue weighted by molar-refractivity contribution is 0.561. The third kappa shape index (κ3) is 2.35. The van der Waals surface area contributed by atoms with Gasteiger partial charge in [0.05, 0.1) is 11.5 Å². The van der Waals surface area contributed by atoms with Gasteiger partial charge in [0, 0.05) is 22.3 Å². The van der Waals surface area contributed by atoms with Crippen molar-refractivity contribution in [3.8, 4) is 0 Å². The monoisotopic (exact) mass is 282 g/mol. The van der Waals surface area contributed by atoms with Crippen LogP contribution in [0.1, 0.15) is 12.8 Å². The highest BCUT2D eigenvalue weighted by molar-refractivity contribution is 7.91. The van der Waals surface area contributed by atoms with E-state index in [2.05, 4.69) is 10.3 Å². The van der Waals surface area contributed by atoms with Crippen molar-refractivity contribution in [2.24, 2.45) is 0 Å². The Morgan fingerprint density at radius 3 is 3.11 bits per heavy atom. The van der Waals surface area contributed by atoms with Gasteiger partial charge in [0.2, 0.25) is 0 Å². The van der Waals surface area contributed by atoms with Gasteiger partial charge >= 0.3 is 0 Å². The van der Waals surface area contributed by atoms with Crippen LogP contribution in [0.15, 0.2) is 23.7 Å². The normalized spacial score (nSPS) is 23.0. The molecular weight excluding hydrogens is 268 g/mol. The van der Waals surface area contributed by atoms with E-state index in [1.807, 2.05) is 17.5 Å². The minimum absolute atomic E-state index is 0.0123. The molecule has 0 saturated carbocycles. The van der Waals surface area contributed by atoms with E-state index in [9.17, 15) is 8.42 Å². The summed E-state index contributed by atoms with van der Waals surface area (Å²) in [5, 5.41) is 6.38. The van der Waals surface area contributed by atoms with Gasteiger partial charge in [-0.2, -0.15) is 0 Å². The fourth-order valence-corrected chi connectivity index (χ4v) is 4.76. The molecule has 18 heavy (non-hydrogen) atoms. The van der Waals surface area contributed by atoms with Crippen LogP contribution in [0.4, 0.5) is 5.82 Å². The van der Waals surface area contributed by atoms with Crippen LogP contribution < -0.4 is 5.32 Å². The van der Waals surface area contributed by atoms with Crippen LogP contribution in [0, 0.1) is 0 Å². The molecule has 96 valence electrons. The largest absolute Gasteiger partial charge is 0.366 e. The van der Waals surface area contributed by atoms with Crippen molar-refractivity contribution >= 4 is 37.1 Å². The summed E-state index contributed by atoms with van der Waals surface area (Å²) in [4.78, 5) is 4.32. The molecule has 3 heterocycles. The summed E-state index contributed by atoms with van der Waals surface area (Å²) in [6, 6.07) is 3.98. The summed E-state index contributed by atoms with van der Waals surface area (Å²) in [7, 11) is -2.88. The molecule has 1 N–H and O–H groups in total. The van der Waals surface area contributed by atoms with Crippen LogP contribution in [-0.2, 0) is 9.84 Å².